The van der Waals surface area contributed by atoms with Gasteiger partial charge in [-0.3, -0.25) is 9.69 Å². The lowest BCUT2D eigenvalue weighted by Gasteiger charge is -2.24. The summed E-state index contributed by atoms with van der Waals surface area (Å²) in [7, 11) is 1.84. The molecule has 1 aliphatic carbocycles. The van der Waals surface area contributed by atoms with E-state index in [4.69, 9.17) is 0 Å². The highest BCUT2D eigenvalue weighted by atomic mass is 16.2. The number of aromatic nitrogens is 2. The number of hydrogen-bond acceptors (Lipinski definition) is 3. The van der Waals surface area contributed by atoms with Crippen molar-refractivity contribution < 1.29 is 4.79 Å². The molecule has 0 spiro atoms. The van der Waals surface area contributed by atoms with Crippen LogP contribution < -0.4 is 0 Å². The highest BCUT2D eigenvalue weighted by Gasteiger charge is 2.32. The molecule has 3 heterocycles. The van der Waals surface area contributed by atoms with E-state index in [0.717, 1.165) is 29.7 Å². The summed E-state index contributed by atoms with van der Waals surface area (Å²) >= 11 is 0. The minimum Gasteiger partial charge on any atom is -0.306 e. The van der Waals surface area contributed by atoms with Crippen LogP contribution in [0.5, 0.6) is 0 Å². The third kappa shape index (κ3) is 2.46. The zero-order valence-corrected chi connectivity index (χ0v) is 13.3. The number of carbonyl (C=O) groups excluding carboxylic acids is 1. The van der Waals surface area contributed by atoms with Crippen molar-refractivity contribution in [1.29, 1.82) is 0 Å². The van der Waals surface area contributed by atoms with Crippen molar-refractivity contribution in [2.24, 2.45) is 10.9 Å². The number of pyridine rings is 1. The summed E-state index contributed by atoms with van der Waals surface area (Å²) in [5.74, 6) is 1.33. The van der Waals surface area contributed by atoms with E-state index in [2.05, 4.69) is 9.98 Å². The van der Waals surface area contributed by atoms with Gasteiger partial charge in [-0.2, -0.15) is 0 Å². The highest BCUT2D eigenvalue weighted by Crippen LogP contribution is 2.30. The standard InChI is InChI=1S/C18H20N4O/c1-21-17(13-6-3-2-4-7-13)20-15(18(21)23)12-22-11-9-14-8-5-10-19-16(14)22/h5,8-13H,2-4,6-7H2,1H3. The van der Waals surface area contributed by atoms with Crippen molar-refractivity contribution in [2.75, 3.05) is 7.05 Å². The van der Waals surface area contributed by atoms with Crippen molar-refractivity contribution in [3.8, 4) is 0 Å². The summed E-state index contributed by atoms with van der Waals surface area (Å²) in [6.45, 7) is 0. The third-order valence-corrected chi connectivity index (χ3v) is 4.81. The molecule has 1 saturated carbocycles. The summed E-state index contributed by atoms with van der Waals surface area (Å²) in [4.78, 5) is 23.3. The van der Waals surface area contributed by atoms with Gasteiger partial charge in [0.15, 0.2) is 0 Å². The van der Waals surface area contributed by atoms with E-state index in [1.165, 1.54) is 19.3 Å². The van der Waals surface area contributed by atoms with Gasteiger partial charge in [-0.1, -0.05) is 19.3 Å². The predicted molar refractivity (Wildman–Crippen MR) is 90.8 cm³/mol. The van der Waals surface area contributed by atoms with Gasteiger partial charge >= 0.3 is 0 Å². The van der Waals surface area contributed by atoms with Crippen LogP contribution in [0.4, 0.5) is 0 Å². The Morgan fingerprint density at radius 2 is 2.04 bits per heavy atom. The van der Waals surface area contributed by atoms with Crippen molar-refractivity contribution >= 4 is 29.0 Å². The molecule has 0 radical (unpaired) electrons. The molecule has 23 heavy (non-hydrogen) atoms. The molecule has 1 fully saturated rings. The van der Waals surface area contributed by atoms with Crippen LogP contribution in [0.2, 0.25) is 0 Å². The van der Waals surface area contributed by atoms with Gasteiger partial charge in [0, 0.05) is 36.9 Å². The minimum absolute atomic E-state index is 0.0247. The molecular formula is C18H20N4O. The molecule has 0 unspecified atom stereocenters. The highest BCUT2D eigenvalue weighted by molar-refractivity contribution is 6.14. The minimum atomic E-state index is -0.0247. The number of amides is 1. The van der Waals surface area contributed by atoms with Gasteiger partial charge in [0.25, 0.3) is 5.91 Å². The number of likely N-dealkylation sites (N-methyl/N-ethyl adjacent to an activating group) is 1. The number of hydrogen-bond donors (Lipinski definition) is 0. The summed E-state index contributed by atoms with van der Waals surface area (Å²) in [6.07, 6.45) is 11.5. The Labute approximate surface area is 135 Å². The van der Waals surface area contributed by atoms with E-state index in [-0.39, 0.29) is 5.91 Å². The van der Waals surface area contributed by atoms with Gasteiger partial charge in [0.1, 0.15) is 17.2 Å². The number of aliphatic imine (C=N–C) groups is 1. The van der Waals surface area contributed by atoms with Crippen LogP contribution in [0, 0.1) is 5.92 Å². The monoisotopic (exact) mass is 308 g/mol. The average Bonchev–Trinajstić information content (AvgIpc) is 3.13. The van der Waals surface area contributed by atoms with E-state index in [1.807, 2.05) is 36.0 Å². The third-order valence-electron chi connectivity index (χ3n) is 4.81. The van der Waals surface area contributed by atoms with Gasteiger partial charge < -0.3 is 4.57 Å². The lowest BCUT2D eigenvalue weighted by atomic mass is 9.88. The quantitative estimate of drug-likeness (QED) is 0.799. The Hall–Kier alpha value is -2.43. The second-order valence-corrected chi connectivity index (χ2v) is 6.32. The van der Waals surface area contributed by atoms with Gasteiger partial charge in [-0.05, 0) is 31.0 Å². The lowest BCUT2D eigenvalue weighted by Crippen LogP contribution is -2.33. The van der Waals surface area contributed by atoms with Crippen LogP contribution >= 0.6 is 0 Å². The normalized spacial score (nSPS) is 21.4. The Kier molecular flexibility index (Phi) is 3.48. The topological polar surface area (TPSA) is 50.5 Å². The fraction of sp³-hybridized carbons (Fsp3) is 0.389. The van der Waals surface area contributed by atoms with Crippen LogP contribution in [0.3, 0.4) is 0 Å². The first-order valence-corrected chi connectivity index (χ1v) is 8.24. The molecule has 5 nitrogen and oxygen atoms in total. The number of carbonyl (C=O) groups is 1. The molecule has 1 amide bonds. The molecule has 1 aliphatic heterocycles. The largest absolute Gasteiger partial charge is 0.306 e. The van der Waals surface area contributed by atoms with Crippen LogP contribution in [-0.4, -0.2) is 33.2 Å². The van der Waals surface area contributed by atoms with Crippen LogP contribution in [-0.2, 0) is 4.79 Å². The van der Waals surface area contributed by atoms with Gasteiger partial charge in [-0.25, -0.2) is 9.98 Å². The smallest absolute Gasteiger partial charge is 0.279 e. The Bertz CT molecular complexity index is 811. The van der Waals surface area contributed by atoms with Crippen LogP contribution in [0.1, 0.15) is 32.1 Å². The van der Waals surface area contributed by atoms with Crippen molar-refractivity contribution in [2.45, 2.75) is 32.1 Å². The number of fused-ring (bicyclic) bond motifs is 1. The first-order valence-electron chi connectivity index (χ1n) is 8.24. The summed E-state index contributed by atoms with van der Waals surface area (Å²) in [5, 5.41) is 1.06. The molecule has 0 N–H and O–H groups in total. The number of nitrogens with zero attached hydrogens (tertiary/aromatic N) is 4. The van der Waals surface area contributed by atoms with E-state index in [9.17, 15) is 4.79 Å². The Balaban J connectivity index is 1.70. The maximum Gasteiger partial charge on any atom is 0.279 e. The maximum absolute atomic E-state index is 12.5. The maximum atomic E-state index is 12.5. The van der Waals surface area contributed by atoms with Crippen molar-refractivity contribution in [3.05, 3.63) is 36.3 Å². The first-order chi connectivity index (χ1) is 11.2. The molecule has 0 bridgehead atoms. The van der Waals surface area contributed by atoms with E-state index in [1.54, 1.807) is 17.3 Å². The molecule has 5 heteroatoms. The summed E-state index contributed by atoms with van der Waals surface area (Å²) < 4.78 is 1.88. The second-order valence-electron chi connectivity index (χ2n) is 6.32. The predicted octanol–water partition coefficient (Wildman–Crippen LogP) is 3.29. The number of amidine groups is 1. The number of rotatable bonds is 2. The lowest BCUT2D eigenvalue weighted by molar-refractivity contribution is -0.121. The van der Waals surface area contributed by atoms with Gasteiger partial charge in [0.05, 0.1) is 0 Å². The molecule has 2 aliphatic rings. The SMILES string of the molecule is CN1C(=O)C(=Cn2ccc3cccnc32)N=C1C1CCCCC1. The van der Waals surface area contributed by atoms with Crippen LogP contribution in [0.25, 0.3) is 17.2 Å². The summed E-state index contributed by atoms with van der Waals surface area (Å²) in [6, 6.07) is 5.92. The van der Waals surface area contributed by atoms with Gasteiger partial charge in [0.2, 0.25) is 0 Å². The Morgan fingerprint density at radius 3 is 2.87 bits per heavy atom. The van der Waals surface area contributed by atoms with E-state index < -0.39 is 0 Å². The fourth-order valence-electron chi connectivity index (χ4n) is 3.55. The molecule has 2 aromatic heterocycles. The van der Waals surface area contributed by atoms with Crippen LogP contribution in [0.15, 0.2) is 41.3 Å². The molecule has 2 aromatic rings. The van der Waals surface area contributed by atoms with Crippen molar-refractivity contribution in [1.82, 2.24) is 14.5 Å². The summed E-state index contributed by atoms with van der Waals surface area (Å²) in [5.41, 5.74) is 1.34. The van der Waals surface area contributed by atoms with E-state index in [0.29, 0.717) is 11.6 Å². The van der Waals surface area contributed by atoms with Crippen molar-refractivity contribution in [3.63, 3.8) is 0 Å². The second kappa shape index (κ2) is 5.65. The average molecular weight is 308 g/mol. The molecule has 118 valence electrons. The Morgan fingerprint density at radius 1 is 1.22 bits per heavy atom. The zero-order chi connectivity index (χ0) is 15.8. The molecule has 4 rings (SSSR count). The first kappa shape index (κ1) is 14.2. The molecule has 0 saturated heterocycles. The zero-order valence-electron chi connectivity index (χ0n) is 13.3. The fourth-order valence-corrected chi connectivity index (χ4v) is 3.55. The molecule has 0 aromatic carbocycles. The molecule has 0 atom stereocenters. The van der Waals surface area contributed by atoms with Gasteiger partial charge in [-0.15, -0.1) is 0 Å². The molecular weight excluding hydrogens is 288 g/mol. The van der Waals surface area contributed by atoms with E-state index >= 15 is 0 Å².